The number of nitrogens with zero attached hydrogens (tertiary/aromatic N) is 1. The van der Waals surface area contributed by atoms with Crippen LogP contribution in [-0.4, -0.2) is 29.7 Å². The summed E-state index contributed by atoms with van der Waals surface area (Å²) in [6.07, 6.45) is 0.0296. The summed E-state index contributed by atoms with van der Waals surface area (Å²) in [5.74, 6) is -0.322. The lowest BCUT2D eigenvalue weighted by molar-refractivity contribution is -0.142. The van der Waals surface area contributed by atoms with Gasteiger partial charge in [-0.3, -0.25) is 4.79 Å². The first-order valence-electron chi connectivity index (χ1n) is 10.5. The SMILES string of the molecule is CCOC(=O)Cc1c(C(=O)OCC)n(Cc2ccc(C(C)C)cc2)c2ccccc12. The Morgan fingerprint density at radius 2 is 1.60 bits per heavy atom. The zero-order valence-corrected chi connectivity index (χ0v) is 18.1. The molecule has 1 heterocycles. The lowest BCUT2D eigenvalue weighted by Gasteiger charge is -2.13. The fourth-order valence-electron chi connectivity index (χ4n) is 3.70. The number of rotatable bonds is 8. The zero-order valence-electron chi connectivity index (χ0n) is 18.1. The molecule has 0 saturated heterocycles. The van der Waals surface area contributed by atoms with Crippen molar-refractivity contribution in [2.24, 2.45) is 0 Å². The van der Waals surface area contributed by atoms with E-state index >= 15 is 0 Å². The summed E-state index contributed by atoms with van der Waals surface area (Å²) in [5.41, 5.74) is 4.31. The van der Waals surface area contributed by atoms with Gasteiger partial charge in [-0.05, 0) is 37.0 Å². The van der Waals surface area contributed by atoms with E-state index < -0.39 is 5.97 Å². The first kappa shape index (κ1) is 21.6. The van der Waals surface area contributed by atoms with Gasteiger partial charge < -0.3 is 14.0 Å². The van der Waals surface area contributed by atoms with Crippen molar-refractivity contribution in [3.63, 3.8) is 0 Å². The van der Waals surface area contributed by atoms with Crippen LogP contribution >= 0.6 is 0 Å². The second-order valence-electron chi connectivity index (χ2n) is 7.53. The van der Waals surface area contributed by atoms with Crippen molar-refractivity contribution >= 4 is 22.8 Å². The number of hydrogen-bond acceptors (Lipinski definition) is 4. The molecular weight excluding hydrogens is 378 g/mol. The summed E-state index contributed by atoms with van der Waals surface area (Å²) >= 11 is 0. The van der Waals surface area contributed by atoms with E-state index in [1.165, 1.54) is 5.56 Å². The molecule has 0 aliphatic rings. The largest absolute Gasteiger partial charge is 0.466 e. The van der Waals surface area contributed by atoms with E-state index in [0.29, 0.717) is 30.3 Å². The summed E-state index contributed by atoms with van der Waals surface area (Å²) in [7, 11) is 0. The number of carbonyl (C=O) groups excluding carboxylic acids is 2. The highest BCUT2D eigenvalue weighted by atomic mass is 16.5. The molecule has 5 heteroatoms. The molecule has 0 atom stereocenters. The maximum atomic E-state index is 12.9. The van der Waals surface area contributed by atoms with E-state index in [1.807, 2.05) is 28.8 Å². The van der Waals surface area contributed by atoms with Crippen molar-refractivity contribution in [3.8, 4) is 0 Å². The molecule has 30 heavy (non-hydrogen) atoms. The van der Waals surface area contributed by atoms with Crippen LogP contribution in [0.25, 0.3) is 10.9 Å². The highest BCUT2D eigenvalue weighted by molar-refractivity contribution is 6.01. The second-order valence-corrected chi connectivity index (χ2v) is 7.53. The van der Waals surface area contributed by atoms with Crippen LogP contribution in [-0.2, 0) is 27.2 Å². The van der Waals surface area contributed by atoms with Gasteiger partial charge in [0.2, 0.25) is 0 Å². The number of esters is 2. The predicted molar refractivity (Wildman–Crippen MR) is 118 cm³/mol. The monoisotopic (exact) mass is 407 g/mol. The molecule has 3 rings (SSSR count). The topological polar surface area (TPSA) is 57.5 Å². The quantitative estimate of drug-likeness (QED) is 0.488. The van der Waals surface area contributed by atoms with E-state index in [9.17, 15) is 9.59 Å². The Labute approximate surface area is 177 Å². The Morgan fingerprint density at radius 1 is 0.933 bits per heavy atom. The maximum absolute atomic E-state index is 12.9. The van der Waals surface area contributed by atoms with Gasteiger partial charge in [-0.1, -0.05) is 56.3 Å². The van der Waals surface area contributed by atoms with E-state index in [0.717, 1.165) is 16.5 Å². The molecule has 0 radical (unpaired) electrons. The molecule has 158 valence electrons. The third-order valence-corrected chi connectivity index (χ3v) is 5.16. The Bertz CT molecular complexity index is 1030. The van der Waals surface area contributed by atoms with Gasteiger partial charge in [0, 0.05) is 23.0 Å². The highest BCUT2D eigenvalue weighted by Crippen LogP contribution is 2.29. The van der Waals surface area contributed by atoms with Crippen molar-refractivity contribution in [2.45, 2.75) is 46.6 Å². The van der Waals surface area contributed by atoms with Crippen molar-refractivity contribution in [3.05, 3.63) is 70.9 Å². The van der Waals surface area contributed by atoms with Gasteiger partial charge in [-0.2, -0.15) is 0 Å². The zero-order chi connectivity index (χ0) is 21.7. The van der Waals surface area contributed by atoms with Gasteiger partial charge in [-0.25, -0.2) is 4.79 Å². The van der Waals surface area contributed by atoms with Crippen molar-refractivity contribution in [1.82, 2.24) is 4.57 Å². The molecule has 0 fully saturated rings. The van der Waals surface area contributed by atoms with Crippen molar-refractivity contribution in [2.75, 3.05) is 13.2 Å². The van der Waals surface area contributed by atoms with Gasteiger partial charge >= 0.3 is 11.9 Å². The lowest BCUT2D eigenvalue weighted by Crippen LogP contribution is -2.17. The summed E-state index contributed by atoms with van der Waals surface area (Å²) in [5, 5.41) is 0.868. The molecule has 0 aliphatic heterocycles. The van der Waals surface area contributed by atoms with Crippen molar-refractivity contribution in [1.29, 1.82) is 0 Å². The summed E-state index contributed by atoms with van der Waals surface area (Å²) in [6.45, 7) is 8.95. The third kappa shape index (κ3) is 4.56. The van der Waals surface area contributed by atoms with Gasteiger partial charge in [0.05, 0.1) is 19.6 Å². The number of fused-ring (bicyclic) bond motifs is 1. The van der Waals surface area contributed by atoms with Gasteiger partial charge in [-0.15, -0.1) is 0 Å². The van der Waals surface area contributed by atoms with Gasteiger partial charge in [0.15, 0.2) is 0 Å². The first-order chi connectivity index (χ1) is 14.5. The molecular formula is C25H29NO4. The molecule has 0 aliphatic carbocycles. The smallest absolute Gasteiger partial charge is 0.355 e. The molecule has 0 bridgehead atoms. The minimum absolute atomic E-state index is 0.0296. The van der Waals surface area contributed by atoms with E-state index in [-0.39, 0.29) is 19.0 Å². The number of hydrogen-bond donors (Lipinski definition) is 0. The van der Waals surface area contributed by atoms with Crippen LogP contribution in [0, 0.1) is 0 Å². The number of aromatic nitrogens is 1. The Balaban J connectivity index is 2.12. The number of ether oxygens (including phenoxy) is 2. The summed E-state index contributed by atoms with van der Waals surface area (Å²) in [6, 6.07) is 16.2. The molecule has 0 N–H and O–H groups in total. The van der Waals surface area contributed by atoms with Crippen LogP contribution in [0.1, 0.15) is 60.8 Å². The number of carbonyl (C=O) groups is 2. The fraction of sp³-hybridized carbons (Fsp3) is 0.360. The van der Waals surface area contributed by atoms with Crippen LogP contribution < -0.4 is 0 Å². The minimum atomic E-state index is -0.424. The molecule has 0 unspecified atom stereocenters. The molecule has 0 amide bonds. The fourth-order valence-corrected chi connectivity index (χ4v) is 3.70. The average molecular weight is 408 g/mol. The Kier molecular flexibility index (Phi) is 6.93. The first-order valence-corrected chi connectivity index (χ1v) is 10.5. The summed E-state index contributed by atoms with van der Waals surface area (Å²) in [4.78, 5) is 25.2. The third-order valence-electron chi connectivity index (χ3n) is 5.16. The molecule has 5 nitrogen and oxygen atoms in total. The van der Waals surface area contributed by atoms with Gasteiger partial charge in [0.1, 0.15) is 5.69 Å². The van der Waals surface area contributed by atoms with Gasteiger partial charge in [0.25, 0.3) is 0 Å². The number of benzene rings is 2. The standard InChI is InChI=1S/C25H29NO4/c1-5-29-23(27)15-21-20-9-7-8-10-22(20)26(24(21)25(28)30-6-2)16-18-11-13-19(14-12-18)17(3)4/h7-14,17H,5-6,15-16H2,1-4H3. The molecule has 0 spiro atoms. The maximum Gasteiger partial charge on any atom is 0.355 e. The Morgan fingerprint density at radius 3 is 2.23 bits per heavy atom. The van der Waals surface area contributed by atoms with E-state index in [4.69, 9.17) is 9.47 Å². The van der Waals surface area contributed by atoms with Crippen molar-refractivity contribution < 1.29 is 19.1 Å². The van der Waals surface area contributed by atoms with Crippen LogP contribution in [0.15, 0.2) is 48.5 Å². The average Bonchev–Trinajstić information content (AvgIpc) is 3.02. The lowest BCUT2D eigenvalue weighted by atomic mass is 10.0. The predicted octanol–water partition coefficient (Wildman–Crippen LogP) is 5.10. The molecule has 2 aromatic carbocycles. The van der Waals surface area contributed by atoms with E-state index in [1.54, 1.807) is 13.8 Å². The second kappa shape index (κ2) is 9.61. The normalized spacial score (nSPS) is 11.1. The number of para-hydroxylation sites is 1. The molecule has 0 saturated carbocycles. The van der Waals surface area contributed by atoms with E-state index in [2.05, 4.69) is 38.1 Å². The van der Waals surface area contributed by atoms with Crippen LogP contribution in [0.4, 0.5) is 0 Å². The highest BCUT2D eigenvalue weighted by Gasteiger charge is 2.25. The van der Waals surface area contributed by atoms with Crippen LogP contribution in [0.5, 0.6) is 0 Å². The minimum Gasteiger partial charge on any atom is -0.466 e. The van der Waals surface area contributed by atoms with Crippen LogP contribution in [0.2, 0.25) is 0 Å². The molecule has 3 aromatic rings. The Hall–Kier alpha value is -3.08. The summed E-state index contributed by atoms with van der Waals surface area (Å²) < 4.78 is 12.5. The van der Waals surface area contributed by atoms with Crippen LogP contribution in [0.3, 0.4) is 0 Å². The molecule has 1 aromatic heterocycles.